The zero-order valence-corrected chi connectivity index (χ0v) is 20.1. The number of ether oxygens (including phenoxy) is 1. The number of methoxy groups -OCH3 is 1. The molecule has 0 bridgehead atoms. The molecule has 0 saturated heterocycles. The third kappa shape index (κ3) is 4.22. The summed E-state index contributed by atoms with van der Waals surface area (Å²) in [6.45, 7) is 1.88. The second-order valence-corrected chi connectivity index (χ2v) is 9.34. The molecule has 1 aliphatic rings. The number of rotatable bonds is 5. The number of hydrogen-bond donors (Lipinski definition) is 2. The Morgan fingerprint density at radius 3 is 2.56 bits per heavy atom. The average molecular weight is 492 g/mol. The van der Waals surface area contributed by atoms with E-state index in [0.29, 0.717) is 21.7 Å². The first-order valence-corrected chi connectivity index (χ1v) is 11.9. The van der Waals surface area contributed by atoms with Crippen molar-refractivity contribution >= 4 is 35.0 Å². The van der Waals surface area contributed by atoms with Crippen molar-refractivity contribution in [3.05, 3.63) is 88.9 Å². The summed E-state index contributed by atoms with van der Waals surface area (Å²) >= 11 is 7.64. The van der Waals surface area contributed by atoms with E-state index in [2.05, 4.69) is 20.9 Å². The van der Waals surface area contributed by atoms with Gasteiger partial charge < -0.3 is 15.5 Å². The molecular weight excluding hydrogens is 470 g/mol. The molecule has 0 spiro atoms. The number of fused-ring (bicyclic) bond motifs is 1. The van der Waals surface area contributed by atoms with Crippen LogP contribution in [0, 0.1) is 6.92 Å². The van der Waals surface area contributed by atoms with Crippen LogP contribution in [0.25, 0.3) is 11.4 Å². The van der Waals surface area contributed by atoms with Crippen molar-refractivity contribution in [3.8, 4) is 17.1 Å². The maximum atomic E-state index is 13.5. The largest absolute Gasteiger partial charge is 0.497 e. The molecule has 172 valence electrons. The van der Waals surface area contributed by atoms with E-state index in [4.69, 9.17) is 16.3 Å². The molecule has 7 nitrogen and oxygen atoms in total. The van der Waals surface area contributed by atoms with Gasteiger partial charge in [-0.05, 0) is 42.3 Å². The number of benzene rings is 3. The molecule has 0 fully saturated rings. The van der Waals surface area contributed by atoms with Crippen molar-refractivity contribution in [1.29, 1.82) is 0 Å². The minimum atomic E-state index is -0.507. The third-order valence-corrected chi connectivity index (χ3v) is 7.35. The topological polar surface area (TPSA) is 81.1 Å². The van der Waals surface area contributed by atoms with Gasteiger partial charge in [-0.25, -0.2) is 4.68 Å². The quantitative estimate of drug-likeness (QED) is 0.393. The number of aromatic nitrogens is 3. The number of carbonyl (C=O) groups excluding carboxylic acids is 1. The summed E-state index contributed by atoms with van der Waals surface area (Å²) in [5.74, 6) is 1.28. The lowest BCUT2D eigenvalue weighted by Crippen LogP contribution is -2.41. The van der Waals surface area contributed by atoms with E-state index in [1.165, 1.54) is 11.8 Å². The highest BCUT2D eigenvalue weighted by atomic mass is 35.5. The number of nitrogens with one attached hydrogen (secondary N) is 2. The van der Waals surface area contributed by atoms with Crippen LogP contribution >= 0.6 is 23.4 Å². The van der Waals surface area contributed by atoms with E-state index in [0.717, 1.165) is 22.4 Å². The van der Waals surface area contributed by atoms with E-state index >= 15 is 0 Å². The SMILES string of the molecule is COc1ccc(C2Nn3c(nnc3-c3ccccc3)SC2C(=O)Nc2cccc(Cl)c2C)cc1. The van der Waals surface area contributed by atoms with Gasteiger partial charge in [-0.15, -0.1) is 10.2 Å². The first-order chi connectivity index (χ1) is 16.5. The Kier molecular flexibility index (Phi) is 6.17. The van der Waals surface area contributed by atoms with Crippen LogP contribution in [0.2, 0.25) is 5.02 Å². The van der Waals surface area contributed by atoms with Crippen LogP contribution < -0.4 is 15.5 Å². The number of nitrogens with zero attached hydrogens (tertiary/aromatic N) is 3. The summed E-state index contributed by atoms with van der Waals surface area (Å²) in [4.78, 5) is 13.5. The summed E-state index contributed by atoms with van der Waals surface area (Å²) in [6.07, 6.45) is 0. The second kappa shape index (κ2) is 9.40. The minimum absolute atomic E-state index is 0.154. The smallest absolute Gasteiger partial charge is 0.240 e. The fourth-order valence-corrected chi connectivity index (χ4v) is 5.09. The summed E-state index contributed by atoms with van der Waals surface area (Å²) < 4.78 is 7.16. The molecule has 1 aromatic heterocycles. The molecule has 3 aromatic carbocycles. The monoisotopic (exact) mass is 491 g/mol. The van der Waals surface area contributed by atoms with Gasteiger partial charge in [0.1, 0.15) is 11.0 Å². The number of halogens is 1. The van der Waals surface area contributed by atoms with Crippen LogP contribution in [0.15, 0.2) is 78.0 Å². The van der Waals surface area contributed by atoms with Crippen LogP contribution in [0.3, 0.4) is 0 Å². The highest BCUT2D eigenvalue weighted by molar-refractivity contribution is 8.00. The molecule has 1 aliphatic heterocycles. The van der Waals surface area contributed by atoms with Crippen LogP contribution in [-0.4, -0.2) is 33.1 Å². The van der Waals surface area contributed by atoms with Crippen LogP contribution in [0.5, 0.6) is 5.75 Å². The van der Waals surface area contributed by atoms with Gasteiger partial charge in [0, 0.05) is 16.3 Å². The van der Waals surface area contributed by atoms with Gasteiger partial charge in [-0.3, -0.25) is 4.79 Å². The van der Waals surface area contributed by atoms with Crippen molar-refractivity contribution in [2.75, 3.05) is 17.9 Å². The highest BCUT2D eigenvalue weighted by Crippen LogP contribution is 2.39. The Morgan fingerprint density at radius 1 is 1.06 bits per heavy atom. The number of thioether (sulfide) groups is 1. The molecule has 4 aromatic rings. The van der Waals surface area contributed by atoms with Crippen molar-refractivity contribution in [1.82, 2.24) is 14.9 Å². The van der Waals surface area contributed by atoms with Crippen molar-refractivity contribution < 1.29 is 9.53 Å². The maximum Gasteiger partial charge on any atom is 0.240 e. The lowest BCUT2D eigenvalue weighted by atomic mass is 10.0. The molecule has 9 heteroatoms. The van der Waals surface area contributed by atoms with Gasteiger partial charge >= 0.3 is 0 Å². The Hall–Kier alpha value is -3.49. The summed E-state index contributed by atoms with van der Waals surface area (Å²) in [6, 6.07) is 22.6. The average Bonchev–Trinajstić information content (AvgIpc) is 3.29. The maximum absolute atomic E-state index is 13.5. The number of carbonyl (C=O) groups is 1. The molecule has 2 unspecified atom stereocenters. The Bertz CT molecular complexity index is 1330. The molecule has 0 aliphatic carbocycles. The summed E-state index contributed by atoms with van der Waals surface area (Å²) in [5, 5.41) is 12.5. The molecule has 2 N–H and O–H groups in total. The fraction of sp³-hybridized carbons (Fsp3) is 0.160. The van der Waals surface area contributed by atoms with E-state index in [9.17, 15) is 4.79 Å². The van der Waals surface area contributed by atoms with Crippen molar-refractivity contribution in [2.45, 2.75) is 23.4 Å². The predicted molar refractivity (Wildman–Crippen MR) is 135 cm³/mol. The number of anilines is 1. The highest BCUT2D eigenvalue weighted by Gasteiger charge is 2.38. The van der Waals surface area contributed by atoms with Gasteiger partial charge in [0.2, 0.25) is 11.1 Å². The molecule has 0 saturated carbocycles. The van der Waals surface area contributed by atoms with Crippen molar-refractivity contribution in [3.63, 3.8) is 0 Å². The van der Waals surface area contributed by atoms with Crippen molar-refractivity contribution in [2.24, 2.45) is 0 Å². The number of amides is 1. The van der Waals surface area contributed by atoms with Crippen LogP contribution in [0.1, 0.15) is 17.2 Å². The van der Waals surface area contributed by atoms with Crippen LogP contribution in [0.4, 0.5) is 5.69 Å². The molecular formula is C25H22ClN5O2S. The Labute approximate surface area is 206 Å². The van der Waals surface area contributed by atoms with E-state index in [1.54, 1.807) is 13.2 Å². The normalized spacial score (nSPS) is 16.9. The standard InChI is InChI=1S/C25H22ClN5O2S/c1-15-19(26)9-6-10-20(15)27-24(32)22-21(16-11-13-18(33-2)14-12-16)30-31-23(28-29-25(31)34-22)17-7-4-3-5-8-17/h3-14,21-22,30H,1-2H3,(H,27,32). The first kappa shape index (κ1) is 22.3. The molecule has 34 heavy (non-hydrogen) atoms. The van der Waals surface area contributed by atoms with Gasteiger partial charge in [0.15, 0.2) is 5.82 Å². The molecule has 0 radical (unpaired) electrons. The zero-order chi connectivity index (χ0) is 23.7. The minimum Gasteiger partial charge on any atom is -0.497 e. The Balaban J connectivity index is 1.52. The van der Waals surface area contributed by atoms with E-state index in [1.807, 2.05) is 78.3 Å². The van der Waals surface area contributed by atoms with Gasteiger partial charge in [0.05, 0.1) is 13.2 Å². The molecule has 2 heterocycles. The van der Waals surface area contributed by atoms with Gasteiger partial charge in [0.25, 0.3) is 0 Å². The summed E-state index contributed by atoms with van der Waals surface area (Å²) in [7, 11) is 1.63. The second-order valence-electron chi connectivity index (χ2n) is 7.83. The first-order valence-electron chi connectivity index (χ1n) is 10.7. The summed E-state index contributed by atoms with van der Waals surface area (Å²) in [5.41, 5.74) is 6.86. The van der Waals surface area contributed by atoms with E-state index in [-0.39, 0.29) is 11.9 Å². The molecule has 2 atom stereocenters. The van der Waals surface area contributed by atoms with Gasteiger partial charge in [-0.2, -0.15) is 0 Å². The van der Waals surface area contributed by atoms with Crippen LogP contribution in [-0.2, 0) is 4.79 Å². The van der Waals surface area contributed by atoms with Gasteiger partial charge in [-0.1, -0.05) is 71.9 Å². The fourth-order valence-electron chi connectivity index (χ4n) is 3.84. The lowest BCUT2D eigenvalue weighted by Gasteiger charge is -2.33. The zero-order valence-electron chi connectivity index (χ0n) is 18.5. The molecule has 5 rings (SSSR count). The number of hydrogen-bond acceptors (Lipinski definition) is 6. The molecule has 1 amide bonds. The Morgan fingerprint density at radius 2 is 1.82 bits per heavy atom. The predicted octanol–water partition coefficient (Wildman–Crippen LogP) is 5.31. The third-order valence-electron chi connectivity index (χ3n) is 5.73. The van der Waals surface area contributed by atoms with E-state index < -0.39 is 5.25 Å². The lowest BCUT2D eigenvalue weighted by molar-refractivity contribution is -0.116.